The number of hydrogen-bond acceptors (Lipinski definition) is 4. The number of phenolic OH excluding ortho intramolecular Hbond substituents is 2. The van der Waals surface area contributed by atoms with Gasteiger partial charge in [-0.2, -0.15) is 5.10 Å². The minimum Gasteiger partial charge on any atom is -0.508 e. The van der Waals surface area contributed by atoms with E-state index in [0.717, 1.165) is 17.0 Å². The average Bonchev–Trinajstić information content (AvgIpc) is 2.68. The molecule has 0 aliphatic carbocycles. The highest BCUT2D eigenvalue weighted by molar-refractivity contribution is 5.95. The van der Waals surface area contributed by atoms with E-state index in [1.54, 1.807) is 4.68 Å². The summed E-state index contributed by atoms with van der Waals surface area (Å²) in [5.74, 6) is -0.639. The van der Waals surface area contributed by atoms with E-state index < -0.39 is 0 Å². The number of carbonyl (C=O) groups is 1. The smallest absolute Gasteiger partial charge is 0.252 e. The second-order valence-electron chi connectivity index (χ2n) is 5.38. The number of nitrogens with zero attached hydrogens (tertiary/aromatic N) is 2. The second-order valence-corrected chi connectivity index (χ2v) is 5.38. The maximum atomic E-state index is 12.4. The summed E-state index contributed by atoms with van der Waals surface area (Å²) >= 11 is 0. The first kappa shape index (κ1) is 15.9. The van der Waals surface area contributed by atoms with Crippen molar-refractivity contribution in [3.63, 3.8) is 0 Å². The largest absolute Gasteiger partial charge is 0.508 e. The molecule has 3 N–H and O–H groups in total. The number of benzene rings is 1. The van der Waals surface area contributed by atoms with Crippen LogP contribution in [0.25, 0.3) is 0 Å². The van der Waals surface area contributed by atoms with Gasteiger partial charge in [0.15, 0.2) is 0 Å². The van der Waals surface area contributed by atoms with Crippen LogP contribution in [0.15, 0.2) is 18.2 Å². The van der Waals surface area contributed by atoms with Crippen molar-refractivity contribution in [3.8, 4) is 11.5 Å². The van der Waals surface area contributed by atoms with Gasteiger partial charge < -0.3 is 15.5 Å². The third-order valence-corrected chi connectivity index (χ3v) is 3.79. The van der Waals surface area contributed by atoms with Gasteiger partial charge in [0.05, 0.1) is 11.7 Å². The van der Waals surface area contributed by atoms with Gasteiger partial charge in [-0.3, -0.25) is 9.48 Å². The summed E-state index contributed by atoms with van der Waals surface area (Å²) in [6.07, 6.45) is 0.712. The molecule has 1 amide bonds. The number of amides is 1. The van der Waals surface area contributed by atoms with Gasteiger partial charge >= 0.3 is 0 Å². The van der Waals surface area contributed by atoms with Crippen molar-refractivity contribution in [1.82, 2.24) is 15.1 Å². The lowest BCUT2D eigenvalue weighted by Crippen LogP contribution is -2.28. The van der Waals surface area contributed by atoms with Crippen molar-refractivity contribution in [3.05, 3.63) is 40.7 Å². The summed E-state index contributed by atoms with van der Waals surface area (Å²) in [5, 5.41) is 26.3. The van der Waals surface area contributed by atoms with Crippen LogP contribution in [0.1, 0.15) is 46.7 Å². The van der Waals surface area contributed by atoms with Gasteiger partial charge in [-0.25, -0.2) is 0 Å². The third-order valence-electron chi connectivity index (χ3n) is 3.79. The fourth-order valence-electron chi connectivity index (χ4n) is 2.64. The van der Waals surface area contributed by atoms with E-state index >= 15 is 0 Å². The normalized spacial score (nSPS) is 12.2. The molecule has 0 saturated carbocycles. The number of aromatic hydroxyl groups is 2. The first-order valence-electron chi connectivity index (χ1n) is 7.17. The third kappa shape index (κ3) is 3.05. The molecule has 118 valence electrons. The summed E-state index contributed by atoms with van der Waals surface area (Å²) in [5.41, 5.74) is 3.10. The lowest BCUT2D eigenvalue weighted by Gasteiger charge is -2.18. The molecule has 6 nitrogen and oxygen atoms in total. The Morgan fingerprint density at radius 1 is 1.27 bits per heavy atom. The lowest BCUT2D eigenvalue weighted by atomic mass is 10.0. The van der Waals surface area contributed by atoms with Crippen LogP contribution in [0.4, 0.5) is 0 Å². The fourth-order valence-corrected chi connectivity index (χ4v) is 2.64. The molecule has 1 aromatic heterocycles. The Morgan fingerprint density at radius 3 is 2.32 bits per heavy atom. The van der Waals surface area contributed by atoms with Crippen LogP contribution in [0, 0.1) is 13.8 Å². The van der Waals surface area contributed by atoms with E-state index in [9.17, 15) is 15.0 Å². The lowest BCUT2D eigenvalue weighted by molar-refractivity contribution is 0.0934. The summed E-state index contributed by atoms with van der Waals surface area (Å²) in [4.78, 5) is 12.4. The quantitative estimate of drug-likeness (QED) is 0.809. The van der Waals surface area contributed by atoms with Crippen molar-refractivity contribution in [1.29, 1.82) is 0 Å². The van der Waals surface area contributed by atoms with Crippen LogP contribution in [0.5, 0.6) is 11.5 Å². The van der Waals surface area contributed by atoms with E-state index in [-0.39, 0.29) is 29.0 Å². The molecule has 1 heterocycles. The zero-order valence-electron chi connectivity index (χ0n) is 13.2. The Morgan fingerprint density at radius 2 is 1.86 bits per heavy atom. The number of rotatable bonds is 4. The highest BCUT2D eigenvalue weighted by Crippen LogP contribution is 2.25. The average molecular weight is 303 g/mol. The highest BCUT2D eigenvalue weighted by Gasteiger charge is 2.21. The van der Waals surface area contributed by atoms with Gasteiger partial charge in [0, 0.05) is 29.9 Å². The molecule has 2 rings (SSSR count). The van der Waals surface area contributed by atoms with Crippen molar-refractivity contribution >= 4 is 5.91 Å². The minimum atomic E-state index is -0.347. The van der Waals surface area contributed by atoms with E-state index in [1.165, 1.54) is 18.2 Å². The molecule has 0 bridgehead atoms. The number of aromatic nitrogens is 2. The summed E-state index contributed by atoms with van der Waals surface area (Å²) in [6, 6.07) is 3.66. The van der Waals surface area contributed by atoms with Gasteiger partial charge in [0.25, 0.3) is 5.91 Å². The van der Waals surface area contributed by atoms with Crippen molar-refractivity contribution in [2.75, 3.05) is 0 Å². The van der Waals surface area contributed by atoms with Crippen LogP contribution in [-0.4, -0.2) is 25.9 Å². The molecule has 2 aromatic rings. The predicted octanol–water partition coefficient (Wildman–Crippen LogP) is 2.33. The second kappa shape index (κ2) is 6.09. The van der Waals surface area contributed by atoms with Gasteiger partial charge in [-0.05, 0) is 32.4 Å². The molecule has 0 spiro atoms. The molecule has 0 radical (unpaired) electrons. The summed E-state index contributed by atoms with van der Waals surface area (Å²) < 4.78 is 1.79. The summed E-state index contributed by atoms with van der Waals surface area (Å²) in [7, 11) is 1.87. The zero-order valence-corrected chi connectivity index (χ0v) is 13.2. The standard InChI is InChI=1S/C16H21N3O3/c1-5-14(15-9(2)18-19(4)10(15)3)17-16(22)11-6-12(20)8-13(21)7-11/h6-8,14,20-21H,5H2,1-4H3,(H,17,22)/t14-/m0/s1. The molecule has 0 unspecified atom stereocenters. The van der Waals surface area contributed by atoms with Gasteiger partial charge in [-0.1, -0.05) is 6.92 Å². The number of phenols is 2. The maximum Gasteiger partial charge on any atom is 0.252 e. The fraction of sp³-hybridized carbons (Fsp3) is 0.375. The van der Waals surface area contributed by atoms with E-state index in [4.69, 9.17) is 0 Å². The Labute approximate surface area is 129 Å². The number of hydrogen-bond donors (Lipinski definition) is 3. The van der Waals surface area contributed by atoms with Gasteiger partial charge in [-0.15, -0.1) is 0 Å². The Bertz CT molecular complexity index is 687. The van der Waals surface area contributed by atoms with Crippen molar-refractivity contribution < 1.29 is 15.0 Å². The molecule has 0 aliphatic rings. The molecule has 6 heteroatoms. The molecule has 0 fully saturated rings. The summed E-state index contributed by atoms with van der Waals surface area (Å²) in [6.45, 7) is 5.86. The Balaban J connectivity index is 2.28. The number of carbonyl (C=O) groups excluding carboxylic acids is 1. The van der Waals surface area contributed by atoms with E-state index in [2.05, 4.69) is 10.4 Å². The molecular weight excluding hydrogens is 282 g/mol. The van der Waals surface area contributed by atoms with Crippen LogP contribution in [0.3, 0.4) is 0 Å². The minimum absolute atomic E-state index is 0.146. The Hall–Kier alpha value is -2.50. The van der Waals surface area contributed by atoms with Crippen molar-refractivity contribution in [2.24, 2.45) is 7.05 Å². The molecular formula is C16H21N3O3. The number of nitrogens with one attached hydrogen (secondary N) is 1. The van der Waals surface area contributed by atoms with E-state index in [1.807, 2.05) is 27.8 Å². The molecule has 1 aromatic carbocycles. The van der Waals surface area contributed by atoms with Crippen LogP contribution in [-0.2, 0) is 7.05 Å². The maximum absolute atomic E-state index is 12.4. The molecule has 0 saturated heterocycles. The van der Waals surface area contributed by atoms with Crippen molar-refractivity contribution in [2.45, 2.75) is 33.2 Å². The van der Waals surface area contributed by atoms with Crippen LogP contribution < -0.4 is 5.32 Å². The SMILES string of the molecule is CC[C@H](NC(=O)c1cc(O)cc(O)c1)c1c(C)nn(C)c1C. The van der Waals surface area contributed by atoms with Gasteiger partial charge in [0.2, 0.25) is 0 Å². The number of aryl methyl sites for hydroxylation is 2. The van der Waals surface area contributed by atoms with Crippen LogP contribution >= 0.6 is 0 Å². The molecule has 1 atom stereocenters. The molecule has 22 heavy (non-hydrogen) atoms. The van der Waals surface area contributed by atoms with Gasteiger partial charge in [0.1, 0.15) is 11.5 Å². The monoisotopic (exact) mass is 303 g/mol. The highest BCUT2D eigenvalue weighted by atomic mass is 16.3. The zero-order chi connectivity index (χ0) is 16.4. The predicted molar refractivity (Wildman–Crippen MR) is 83.0 cm³/mol. The Kier molecular flexibility index (Phi) is 4.40. The molecule has 0 aliphatic heterocycles. The first-order chi connectivity index (χ1) is 10.3. The first-order valence-corrected chi connectivity index (χ1v) is 7.17. The topological polar surface area (TPSA) is 87.4 Å². The van der Waals surface area contributed by atoms with E-state index in [0.29, 0.717) is 6.42 Å². The van der Waals surface area contributed by atoms with Crippen LogP contribution in [0.2, 0.25) is 0 Å².